The molecule has 0 spiro atoms. The van der Waals surface area contributed by atoms with E-state index in [1.807, 2.05) is 25.1 Å². The molecule has 9 heteroatoms. The number of pyridine rings is 1. The fraction of sp³-hybridized carbons (Fsp3) is 0.333. The normalized spacial score (nSPS) is 11.9. The van der Waals surface area contributed by atoms with Gasteiger partial charge < -0.3 is 20.1 Å². The Hall–Kier alpha value is -2.20. The number of halogens is 1. The van der Waals surface area contributed by atoms with E-state index < -0.39 is 18.6 Å². The maximum atomic E-state index is 12.1. The van der Waals surface area contributed by atoms with Crippen molar-refractivity contribution in [2.24, 2.45) is 7.05 Å². The zero-order chi connectivity index (χ0) is 20.0. The number of hydrogen-bond donors (Lipinski definition) is 4. The number of carbonyl (C=O) groups excluding carboxylic acids is 1. The molecule has 0 aliphatic rings. The first kappa shape index (κ1) is 21.1. The quantitative estimate of drug-likeness (QED) is 0.458. The number of aromatic nitrogens is 1. The third-order valence-corrected chi connectivity index (χ3v) is 4.29. The molecule has 2 aromatic rings. The SMILES string of the molecule is Cc1cc(Br)ccc1Nc1cc(=O)n(C)cc1CC(=O)NOC[C@@H](O)CO. The second-order valence-electron chi connectivity index (χ2n) is 6.10. The minimum atomic E-state index is -1.07. The summed E-state index contributed by atoms with van der Waals surface area (Å²) in [5.41, 5.74) is 4.91. The highest BCUT2D eigenvalue weighted by molar-refractivity contribution is 9.10. The lowest BCUT2D eigenvalue weighted by molar-refractivity contribution is -0.136. The lowest BCUT2D eigenvalue weighted by Crippen LogP contribution is -2.31. The Kier molecular flexibility index (Phi) is 7.55. The van der Waals surface area contributed by atoms with Crippen molar-refractivity contribution >= 4 is 33.2 Å². The number of hydrogen-bond acceptors (Lipinski definition) is 6. The van der Waals surface area contributed by atoms with E-state index in [9.17, 15) is 14.7 Å². The third kappa shape index (κ3) is 6.17. The Morgan fingerprint density at radius 3 is 2.74 bits per heavy atom. The fourth-order valence-electron chi connectivity index (χ4n) is 2.33. The summed E-state index contributed by atoms with van der Waals surface area (Å²) in [6.07, 6.45) is 0.475. The van der Waals surface area contributed by atoms with Crippen LogP contribution in [0.25, 0.3) is 0 Å². The number of benzene rings is 1. The van der Waals surface area contributed by atoms with Gasteiger partial charge in [-0.2, -0.15) is 0 Å². The molecule has 4 N–H and O–H groups in total. The highest BCUT2D eigenvalue weighted by Gasteiger charge is 2.12. The van der Waals surface area contributed by atoms with Crippen LogP contribution in [-0.4, -0.2) is 40.0 Å². The number of carbonyl (C=O) groups is 1. The molecule has 0 fully saturated rings. The van der Waals surface area contributed by atoms with Gasteiger partial charge in [-0.25, -0.2) is 5.48 Å². The fourth-order valence-corrected chi connectivity index (χ4v) is 2.81. The Bertz CT molecular complexity index is 869. The first-order valence-corrected chi connectivity index (χ1v) is 9.01. The Morgan fingerprint density at radius 2 is 2.07 bits per heavy atom. The average molecular weight is 440 g/mol. The maximum Gasteiger partial charge on any atom is 0.252 e. The number of rotatable bonds is 8. The van der Waals surface area contributed by atoms with Crippen LogP contribution in [0.1, 0.15) is 11.1 Å². The van der Waals surface area contributed by atoms with Gasteiger partial charge in [-0.15, -0.1) is 0 Å². The molecular weight excluding hydrogens is 418 g/mol. The maximum absolute atomic E-state index is 12.1. The molecule has 0 unspecified atom stereocenters. The Balaban J connectivity index is 2.16. The van der Waals surface area contributed by atoms with Gasteiger partial charge in [-0.3, -0.25) is 14.4 Å². The van der Waals surface area contributed by atoms with E-state index in [0.717, 1.165) is 15.7 Å². The van der Waals surface area contributed by atoms with E-state index in [1.54, 1.807) is 13.2 Å². The van der Waals surface area contributed by atoms with Crippen LogP contribution in [0.3, 0.4) is 0 Å². The smallest absolute Gasteiger partial charge is 0.252 e. The topological polar surface area (TPSA) is 113 Å². The van der Waals surface area contributed by atoms with Crippen LogP contribution in [0, 0.1) is 6.92 Å². The van der Waals surface area contributed by atoms with Crippen molar-refractivity contribution in [3.8, 4) is 0 Å². The summed E-state index contributed by atoms with van der Waals surface area (Å²) < 4.78 is 2.33. The van der Waals surface area contributed by atoms with Gasteiger partial charge in [0.25, 0.3) is 5.56 Å². The Morgan fingerprint density at radius 1 is 1.33 bits per heavy atom. The molecular formula is C18H22BrN3O5. The number of nitrogens with one attached hydrogen (secondary N) is 2. The second-order valence-corrected chi connectivity index (χ2v) is 7.01. The van der Waals surface area contributed by atoms with Gasteiger partial charge in [0.05, 0.1) is 13.0 Å². The van der Waals surface area contributed by atoms with Crippen LogP contribution < -0.4 is 16.4 Å². The van der Waals surface area contributed by atoms with Gasteiger partial charge in [-0.05, 0) is 30.7 Å². The summed E-state index contributed by atoms with van der Waals surface area (Å²) in [5, 5.41) is 21.1. The molecule has 1 atom stereocenters. The summed E-state index contributed by atoms with van der Waals surface area (Å²) in [6.45, 7) is 1.25. The average Bonchev–Trinajstić information content (AvgIpc) is 2.61. The lowest BCUT2D eigenvalue weighted by atomic mass is 10.1. The Labute approximate surface area is 164 Å². The first-order valence-electron chi connectivity index (χ1n) is 8.22. The minimum Gasteiger partial charge on any atom is -0.394 e. The van der Waals surface area contributed by atoms with Crippen LogP contribution in [0.5, 0.6) is 0 Å². The number of hydroxylamine groups is 1. The summed E-state index contributed by atoms with van der Waals surface area (Å²) >= 11 is 3.41. The number of anilines is 2. The summed E-state index contributed by atoms with van der Waals surface area (Å²) in [6, 6.07) is 7.12. The molecule has 0 saturated heterocycles. The molecule has 146 valence electrons. The molecule has 27 heavy (non-hydrogen) atoms. The van der Waals surface area contributed by atoms with E-state index in [4.69, 9.17) is 9.94 Å². The minimum absolute atomic E-state index is 0.0404. The van der Waals surface area contributed by atoms with Crippen LogP contribution in [-0.2, 0) is 23.1 Å². The zero-order valence-electron chi connectivity index (χ0n) is 15.0. The van der Waals surface area contributed by atoms with E-state index in [0.29, 0.717) is 11.3 Å². The van der Waals surface area contributed by atoms with Crippen LogP contribution in [0.4, 0.5) is 11.4 Å². The van der Waals surface area contributed by atoms with Crippen LogP contribution in [0.2, 0.25) is 0 Å². The number of aryl methyl sites for hydroxylation is 2. The van der Waals surface area contributed by atoms with E-state index in [2.05, 4.69) is 26.7 Å². The van der Waals surface area contributed by atoms with Gasteiger partial charge in [-0.1, -0.05) is 15.9 Å². The highest BCUT2D eigenvalue weighted by atomic mass is 79.9. The van der Waals surface area contributed by atoms with Crippen LogP contribution >= 0.6 is 15.9 Å². The summed E-state index contributed by atoms with van der Waals surface area (Å²) in [5.74, 6) is -0.450. The van der Waals surface area contributed by atoms with Crippen molar-refractivity contribution < 1.29 is 19.8 Å². The molecule has 0 radical (unpaired) electrons. The van der Waals surface area contributed by atoms with Crippen molar-refractivity contribution in [3.05, 3.63) is 56.4 Å². The van der Waals surface area contributed by atoms with E-state index in [1.165, 1.54) is 10.6 Å². The molecule has 0 aliphatic heterocycles. The highest BCUT2D eigenvalue weighted by Crippen LogP contribution is 2.25. The molecule has 1 aromatic carbocycles. The number of nitrogens with zero attached hydrogens (tertiary/aromatic N) is 1. The van der Waals surface area contributed by atoms with Gasteiger partial charge >= 0.3 is 0 Å². The van der Waals surface area contributed by atoms with Gasteiger partial charge in [0, 0.05) is 40.7 Å². The molecule has 0 bridgehead atoms. The molecule has 0 saturated carbocycles. The van der Waals surface area contributed by atoms with E-state index in [-0.39, 0.29) is 18.6 Å². The van der Waals surface area contributed by atoms with Gasteiger partial charge in [0.1, 0.15) is 12.7 Å². The molecule has 1 amide bonds. The number of aliphatic hydroxyl groups excluding tert-OH is 2. The number of aliphatic hydroxyl groups is 2. The zero-order valence-corrected chi connectivity index (χ0v) is 16.6. The van der Waals surface area contributed by atoms with Crippen molar-refractivity contribution in [1.29, 1.82) is 0 Å². The summed E-state index contributed by atoms with van der Waals surface area (Å²) in [7, 11) is 1.60. The predicted octanol–water partition coefficient (Wildman–Crippen LogP) is 1.14. The largest absolute Gasteiger partial charge is 0.394 e. The van der Waals surface area contributed by atoms with Gasteiger partial charge in [0.15, 0.2) is 0 Å². The molecule has 1 aromatic heterocycles. The molecule has 2 rings (SSSR count). The summed E-state index contributed by atoms with van der Waals surface area (Å²) in [4.78, 5) is 29.0. The van der Waals surface area contributed by atoms with Gasteiger partial charge in [0.2, 0.25) is 5.91 Å². The molecule has 0 aliphatic carbocycles. The number of amides is 1. The third-order valence-electron chi connectivity index (χ3n) is 3.79. The second kappa shape index (κ2) is 9.65. The van der Waals surface area contributed by atoms with Crippen molar-refractivity contribution in [2.75, 3.05) is 18.5 Å². The standard InChI is InChI=1S/C18H22BrN3O5/c1-11-5-13(19)3-4-15(11)20-16-7-18(26)22(2)8-12(16)6-17(25)21-27-10-14(24)9-23/h3-5,7-8,14,20,23-24H,6,9-10H2,1-2H3,(H,21,25)/t14-/m0/s1. The van der Waals surface area contributed by atoms with Crippen molar-refractivity contribution in [3.63, 3.8) is 0 Å². The van der Waals surface area contributed by atoms with Crippen molar-refractivity contribution in [1.82, 2.24) is 10.0 Å². The molecule has 8 nitrogen and oxygen atoms in total. The monoisotopic (exact) mass is 439 g/mol. The van der Waals surface area contributed by atoms with E-state index >= 15 is 0 Å². The van der Waals surface area contributed by atoms with Crippen LogP contribution in [0.15, 0.2) is 39.7 Å². The molecule has 1 heterocycles. The predicted molar refractivity (Wildman–Crippen MR) is 105 cm³/mol. The lowest BCUT2D eigenvalue weighted by Gasteiger charge is -2.15. The van der Waals surface area contributed by atoms with Crippen molar-refractivity contribution in [2.45, 2.75) is 19.4 Å². The first-order chi connectivity index (χ1) is 12.8.